The molecule has 3 rings (SSSR count). The first kappa shape index (κ1) is 24.4. The summed E-state index contributed by atoms with van der Waals surface area (Å²) in [5.41, 5.74) is -2.31. The van der Waals surface area contributed by atoms with Gasteiger partial charge in [0.05, 0.1) is 37.2 Å². The van der Waals surface area contributed by atoms with Crippen LogP contribution >= 0.6 is 11.6 Å². The lowest BCUT2D eigenvalue weighted by atomic mass is 10.1. The molecule has 0 aromatic heterocycles. The van der Waals surface area contributed by atoms with Gasteiger partial charge in [-0.05, 0) is 24.3 Å². The fraction of sp³-hybridized carbons (Fsp3) is 0.0556. The molecule has 0 spiro atoms. The highest BCUT2D eigenvalue weighted by atomic mass is 35.5. The summed E-state index contributed by atoms with van der Waals surface area (Å²) in [6.45, 7) is 1.13. The molecule has 0 fully saturated rings. The molecule has 0 unspecified atom stereocenters. The molecular weight excluding hydrogens is 498 g/mol. The molecule has 0 radical (unpaired) electrons. The highest BCUT2D eigenvalue weighted by Gasteiger charge is 2.24. The highest BCUT2D eigenvalue weighted by molar-refractivity contribution is 7.85. The first-order chi connectivity index (χ1) is 15.8. The van der Waals surface area contributed by atoms with E-state index >= 15 is 0 Å². The van der Waals surface area contributed by atoms with Crippen LogP contribution in [0.3, 0.4) is 0 Å². The van der Waals surface area contributed by atoms with Crippen molar-refractivity contribution in [3.63, 3.8) is 0 Å². The largest absolute Gasteiger partial charge is 0.507 e. The number of halogens is 1. The van der Waals surface area contributed by atoms with Gasteiger partial charge < -0.3 is 10.4 Å². The predicted octanol–water partition coefficient (Wildman–Crippen LogP) is 4.64. The SMILES string of the molecule is CC(=O)Nc1cc(S(=O)(=O)O)cc2c(N=Nc3c(Cl)cc([N+](=O)[O-])cc3[N+](=O)[O-])ccc(O)c12. The number of phenolic OH excluding ortho intramolecular Hbond substituents is 1. The topological polar surface area (TPSA) is 215 Å². The van der Waals surface area contributed by atoms with Crippen molar-refractivity contribution < 1.29 is 32.7 Å². The van der Waals surface area contributed by atoms with Crippen LogP contribution in [0, 0.1) is 20.2 Å². The molecule has 3 aromatic carbocycles. The van der Waals surface area contributed by atoms with Gasteiger partial charge in [-0.3, -0.25) is 29.6 Å². The van der Waals surface area contributed by atoms with E-state index in [1.165, 1.54) is 6.07 Å². The van der Waals surface area contributed by atoms with E-state index in [0.29, 0.717) is 6.07 Å². The second kappa shape index (κ2) is 8.97. The maximum atomic E-state index is 11.7. The van der Waals surface area contributed by atoms with Gasteiger partial charge in [0, 0.05) is 23.8 Å². The van der Waals surface area contributed by atoms with Gasteiger partial charge in [-0.1, -0.05) is 11.6 Å². The number of benzene rings is 3. The van der Waals surface area contributed by atoms with Crippen molar-refractivity contribution >= 4 is 66.8 Å². The summed E-state index contributed by atoms with van der Waals surface area (Å²) in [5, 5.41) is 41.9. The van der Waals surface area contributed by atoms with Crippen LogP contribution in [0.5, 0.6) is 5.75 Å². The molecular formula is C18H12ClN5O9S. The third-order valence-electron chi connectivity index (χ3n) is 4.34. The Kier molecular flexibility index (Phi) is 6.45. The number of nitrogens with zero attached hydrogens (tertiary/aromatic N) is 4. The third kappa shape index (κ3) is 4.90. The fourth-order valence-electron chi connectivity index (χ4n) is 2.97. The molecule has 176 valence electrons. The molecule has 0 aliphatic rings. The Bertz CT molecular complexity index is 1520. The Morgan fingerprint density at radius 2 is 1.76 bits per heavy atom. The standard InChI is InChI=1S/C18H12ClN5O9S/c1-8(25)20-14-7-10(34(31,32)33)6-11-13(2-3-16(26)17(11)14)21-22-18-12(19)4-9(23(27)28)5-15(18)24(29)30/h2-7,26H,1H3,(H,20,25)(H,31,32,33). The first-order valence-electron chi connectivity index (χ1n) is 8.88. The summed E-state index contributed by atoms with van der Waals surface area (Å²) < 4.78 is 32.9. The molecule has 0 atom stereocenters. The fourth-order valence-corrected chi connectivity index (χ4v) is 3.75. The van der Waals surface area contributed by atoms with Crippen LogP contribution in [0.15, 0.2) is 51.5 Å². The zero-order chi connectivity index (χ0) is 25.4. The zero-order valence-corrected chi connectivity index (χ0v) is 18.4. The Morgan fingerprint density at radius 3 is 2.32 bits per heavy atom. The molecule has 0 bridgehead atoms. The zero-order valence-electron chi connectivity index (χ0n) is 16.8. The quantitative estimate of drug-likeness (QED) is 0.182. The lowest BCUT2D eigenvalue weighted by Crippen LogP contribution is -2.08. The molecule has 0 saturated carbocycles. The normalized spacial score (nSPS) is 11.6. The summed E-state index contributed by atoms with van der Waals surface area (Å²) in [6.07, 6.45) is 0. The number of carbonyl (C=O) groups is 1. The van der Waals surface area contributed by atoms with Gasteiger partial charge in [0.15, 0.2) is 5.69 Å². The number of aromatic hydroxyl groups is 1. The van der Waals surface area contributed by atoms with E-state index < -0.39 is 52.9 Å². The van der Waals surface area contributed by atoms with Crippen LogP contribution in [-0.2, 0) is 14.9 Å². The number of rotatable bonds is 6. The number of nitro groups is 2. The lowest BCUT2D eigenvalue weighted by Gasteiger charge is -2.12. The number of hydrogen-bond donors (Lipinski definition) is 3. The Labute approximate surface area is 194 Å². The van der Waals surface area contributed by atoms with Crippen molar-refractivity contribution in [2.45, 2.75) is 11.8 Å². The first-order valence-corrected chi connectivity index (χ1v) is 10.7. The molecule has 16 heteroatoms. The number of azo groups is 1. The third-order valence-corrected chi connectivity index (χ3v) is 5.46. The van der Waals surface area contributed by atoms with Gasteiger partial charge in [0.2, 0.25) is 5.91 Å². The number of nitro benzene ring substituents is 2. The second-order valence-electron chi connectivity index (χ2n) is 6.66. The van der Waals surface area contributed by atoms with Crippen LogP contribution in [0.25, 0.3) is 10.8 Å². The maximum absolute atomic E-state index is 11.7. The minimum Gasteiger partial charge on any atom is -0.507 e. The van der Waals surface area contributed by atoms with Crippen molar-refractivity contribution in [1.29, 1.82) is 0 Å². The molecule has 3 aromatic rings. The minimum atomic E-state index is -4.77. The Morgan fingerprint density at radius 1 is 1.09 bits per heavy atom. The number of anilines is 1. The highest BCUT2D eigenvalue weighted by Crippen LogP contribution is 2.42. The van der Waals surface area contributed by atoms with Gasteiger partial charge in [-0.2, -0.15) is 8.42 Å². The van der Waals surface area contributed by atoms with Crippen LogP contribution in [0.2, 0.25) is 5.02 Å². The average molecular weight is 510 g/mol. The van der Waals surface area contributed by atoms with Crippen LogP contribution < -0.4 is 5.32 Å². The minimum absolute atomic E-state index is 0.0663. The van der Waals surface area contributed by atoms with Gasteiger partial charge in [-0.15, -0.1) is 10.2 Å². The van der Waals surface area contributed by atoms with E-state index in [-0.39, 0.29) is 27.9 Å². The second-order valence-corrected chi connectivity index (χ2v) is 8.49. The Balaban J connectivity index is 2.30. The van der Waals surface area contributed by atoms with E-state index in [1.807, 2.05) is 0 Å². The summed E-state index contributed by atoms with van der Waals surface area (Å²) in [7, 11) is -4.77. The van der Waals surface area contributed by atoms with Crippen molar-refractivity contribution in [3.8, 4) is 5.75 Å². The van der Waals surface area contributed by atoms with Gasteiger partial charge in [0.1, 0.15) is 5.75 Å². The molecule has 1 amide bonds. The van der Waals surface area contributed by atoms with Gasteiger partial charge in [0.25, 0.3) is 15.8 Å². The molecule has 3 N–H and O–H groups in total. The number of hydrogen-bond acceptors (Lipinski definition) is 10. The van der Waals surface area contributed by atoms with E-state index in [9.17, 15) is 43.1 Å². The van der Waals surface area contributed by atoms with Crippen LogP contribution in [0.1, 0.15) is 6.92 Å². The maximum Gasteiger partial charge on any atom is 0.305 e. The molecule has 0 aliphatic carbocycles. The van der Waals surface area contributed by atoms with Crippen molar-refractivity contribution in [1.82, 2.24) is 0 Å². The van der Waals surface area contributed by atoms with E-state index in [1.54, 1.807) is 0 Å². The number of carbonyl (C=O) groups excluding carboxylic acids is 1. The van der Waals surface area contributed by atoms with Crippen LogP contribution in [0.4, 0.5) is 28.4 Å². The average Bonchev–Trinajstić information content (AvgIpc) is 2.72. The van der Waals surface area contributed by atoms with E-state index in [0.717, 1.165) is 31.2 Å². The molecule has 0 heterocycles. The monoisotopic (exact) mass is 509 g/mol. The van der Waals surface area contributed by atoms with Gasteiger partial charge in [-0.25, -0.2) is 0 Å². The van der Waals surface area contributed by atoms with E-state index in [2.05, 4.69) is 15.5 Å². The van der Waals surface area contributed by atoms with Crippen molar-refractivity contribution in [3.05, 3.63) is 61.6 Å². The van der Waals surface area contributed by atoms with Crippen molar-refractivity contribution in [2.24, 2.45) is 10.2 Å². The number of amides is 1. The summed E-state index contributed by atoms with van der Waals surface area (Å²) >= 11 is 5.94. The lowest BCUT2D eigenvalue weighted by molar-refractivity contribution is -0.393. The number of nitrogens with one attached hydrogen (secondary N) is 1. The molecule has 34 heavy (non-hydrogen) atoms. The van der Waals surface area contributed by atoms with Crippen molar-refractivity contribution in [2.75, 3.05) is 5.32 Å². The number of phenols is 1. The van der Waals surface area contributed by atoms with E-state index in [4.69, 9.17) is 11.6 Å². The summed E-state index contributed by atoms with van der Waals surface area (Å²) in [6, 6.07) is 5.65. The Hall–Kier alpha value is -4.21. The predicted molar refractivity (Wildman–Crippen MR) is 119 cm³/mol. The molecule has 14 nitrogen and oxygen atoms in total. The number of fused-ring (bicyclic) bond motifs is 1. The molecule has 0 aliphatic heterocycles. The summed E-state index contributed by atoms with van der Waals surface area (Å²) in [4.78, 5) is 31.4. The smallest absolute Gasteiger partial charge is 0.305 e. The number of non-ortho nitro benzene ring substituents is 1. The molecule has 0 saturated heterocycles. The van der Waals surface area contributed by atoms with Gasteiger partial charge >= 0.3 is 5.69 Å². The van der Waals surface area contributed by atoms with Crippen LogP contribution in [-0.4, -0.2) is 33.8 Å². The summed E-state index contributed by atoms with van der Waals surface area (Å²) in [5.74, 6) is -1.01.